The quantitative estimate of drug-likeness (QED) is 0.702. The maximum absolute atomic E-state index is 13.0. The second-order valence-electron chi connectivity index (χ2n) is 7.32. The number of aryl methyl sites for hydroxylation is 1. The molecule has 2 heterocycles. The highest BCUT2D eigenvalue weighted by atomic mass is 16.5. The zero-order chi connectivity index (χ0) is 19.4. The number of ether oxygens (including phenoxy) is 1. The van der Waals surface area contributed by atoms with Gasteiger partial charge in [0.1, 0.15) is 5.69 Å². The molecule has 6 heteroatoms. The fourth-order valence-electron chi connectivity index (χ4n) is 3.70. The van der Waals surface area contributed by atoms with Gasteiger partial charge in [0.25, 0.3) is 5.91 Å². The zero-order valence-corrected chi connectivity index (χ0v) is 16.8. The maximum atomic E-state index is 13.0. The topological polar surface area (TPSA) is 50.6 Å². The molecule has 6 nitrogen and oxygen atoms in total. The molecule has 1 aromatic carbocycles. The first kappa shape index (κ1) is 19.6. The first-order chi connectivity index (χ1) is 13.0. The lowest BCUT2D eigenvalue weighted by Gasteiger charge is -2.36. The number of fused-ring (bicyclic) bond motifs is 1. The molecule has 0 saturated heterocycles. The van der Waals surface area contributed by atoms with Crippen molar-refractivity contribution >= 4 is 5.91 Å². The molecule has 1 aliphatic heterocycles. The number of benzene rings is 1. The van der Waals surface area contributed by atoms with Gasteiger partial charge in [-0.05, 0) is 44.5 Å². The molecule has 0 unspecified atom stereocenters. The average Bonchev–Trinajstić information content (AvgIpc) is 3.02. The summed E-state index contributed by atoms with van der Waals surface area (Å²) in [6.07, 6.45) is 0.965. The minimum atomic E-state index is 0.0133. The number of likely N-dealkylation sites (N-methyl/N-ethyl adjacent to an activating group) is 2. The molecule has 0 radical (unpaired) electrons. The minimum Gasteiger partial charge on any atom is -0.380 e. The number of aromatic nitrogens is 2. The third-order valence-corrected chi connectivity index (χ3v) is 5.22. The summed E-state index contributed by atoms with van der Waals surface area (Å²) in [7, 11) is 4.02. The smallest absolute Gasteiger partial charge is 0.271 e. The number of hydrogen-bond acceptors (Lipinski definition) is 4. The second kappa shape index (κ2) is 8.67. The van der Waals surface area contributed by atoms with Gasteiger partial charge in [-0.1, -0.05) is 24.3 Å². The maximum Gasteiger partial charge on any atom is 0.271 e. The van der Waals surface area contributed by atoms with E-state index < -0.39 is 0 Å². The molecule has 0 spiro atoms. The molecule has 146 valence electrons. The van der Waals surface area contributed by atoms with E-state index in [4.69, 9.17) is 4.74 Å². The number of nitrogens with zero attached hydrogens (tertiary/aromatic N) is 4. The van der Waals surface area contributed by atoms with Crippen molar-refractivity contribution in [2.45, 2.75) is 39.4 Å². The van der Waals surface area contributed by atoms with Crippen molar-refractivity contribution in [2.24, 2.45) is 0 Å². The molecule has 0 fully saturated rings. The standard InChI is InChI=1S/C21H30N4O2/c1-5-27-11-10-25-20(12-16(2)22-25)21(26)24(4)15-19-13-17-8-6-7-9-18(17)14-23(19)3/h6-9,12,19H,5,10-11,13-15H2,1-4H3/t19-/m1/s1. The molecule has 2 aromatic rings. The highest BCUT2D eigenvalue weighted by molar-refractivity contribution is 5.92. The highest BCUT2D eigenvalue weighted by Gasteiger charge is 2.27. The molecular formula is C21H30N4O2. The fraction of sp³-hybridized carbons (Fsp3) is 0.524. The summed E-state index contributed by atoms with van der Waals surface area (Å²) in [6, 6.07) is 10.8. The highest BCUT2D eigenvalue weighted by Crippen LogP contribution is 2.22. The van der Waals surface area contributed by atoms with Crippen LogP contribution < -0.4 is 0 Å². The summed E-state index contributed by atoms with van der Waals surface area (Å²) >= 11 is 0. The van der Waals surface area contributed by atoms with Gasteiger partial charge in [0.2, 0.25) is 0 Å². The molecule has 0 N–H and O–H groups in total. The molecular weight excluding hydrogens is 340 g/mol. The molecule has 1 aliphatic rings. The van der Waals surface area contributed by atoms with E-state index >= 15 is 0 Å². The van der Waals surface area contributed by atoms with Crippen LogP contribution in [0.15, 0.2) is 30.3 Å². The van der Waals surface area contributed by atoms with Crippen LogP contribution in [0.5, 0.6) is 0 Å². The van der Waals surface area contributed by atoms with Crippen LogP contribution >= 0.6 is 0 Å². The monoisotopic (exact) mass is 370 g/mol. The van der Waals surface area contributed by atoms with E-state index in [1.54, 1.807) is 4.68 Å². The van der Waals surface area contributed by atoms with Crippen LogP contribution in [-0.2, 0) is 24.2 Å². The van der Waals surface area contributed by atoms with Crippen LogP contribution in [0.1, 0.15) is 34.2 Å². The van der Waals surface area contributed by atoms with Gasteiger partial charge in [-0.25, -0.2) is 0 Å². The Morgan fingerprint density at radius 1 is 1.33 bits per heavy atom. The van der Waals surface area contributed by atoms with Crippen LogP contribution in [0.2, 0.25) is 0 Å². The summed E-state index contributed by atoms with van der Waals surface area (Å²) in [5, 5.41) is 4.46. The van der Waals surface area contributed by atoms with E-state index in [0.717, 1.165) is 18.7 Å². The molecule has 1 aromatic heterocycles. The summed E-state index contributed by atoms with van der Waals surface area (Å²) < 4.78 is 7.19. The van der Waals surface area contributed by atoms with Crippen LogP contribution in [0.3, 0.4) is 0 Å². The molecule has 0 saturated carbocycles. The van der Waals surface area contributed by atoms with E-state index in [9.17, 15) is 4.79 Å². The predicted octanol–water partition coefficient (Wildman–Crippen LogP) is 2.36. The normalized spacial score (nSPS) is 17.0. The molecule has 3 rings (SSSR count). The van der Waals surface area contributed by atoms with Crippen molar-refractivity contribution in [2.75, 3.05) is 33.9 Å². The second-order valence-corrected chi connectivity index (χ2v) is 7.32. The number of rotatable bonds is 7. The lowest BCUT2D eigenvalue weighted by Crippen LogP contribution is -2.46. The Bertz CT molecular complexity index is 786. The Morgan fingerprint density at radius 3 is 2.81 bits per heavy atom. The van der Waals surface area contributed by atoms with Gasteiger partial charge >= 0.3 is 0 Å². The van der Waals surface area contributed by atoms with Gasteiger partial charge in [-0.3, -0.25) is 14.4 Å². The van der Waals surface area contributed by atoms with Gasteiger partial charge in [-0.15, -0.1) is 0 Å². The Kier molecular flexibility index (Phi) is 6.29. The Balaban J connectivity index is 1.68. The van der Waals surface area contributed by atoms with Crippen LogP contribution in [0.4, 0.5) is 0 Å². The number of hydrogen-bond donors (Lipinski definition) is 0. The first-order valence-electron chi connectivity index (χ1n) is 9.64. The van der Waals surface area contributed by atoms with Crippen molar-refractivity contribution in [3.8, 4) is 0 Å². The van der Waals surface area contributed by atoms with Gasteiger partial charge in [-0.2, -0.15) is 5.10 Å². The van der Waals surface area contributed by atoms with Crippen molar-refractivity contribution in [1.29, 1.82) is 0 Å². The van der Waals surface area contributed by atoms with E-state index in [2.05, 4.69) is 41.3 Å². The third-order valence-electron chi connectivity index (χ3n) is 5.22. The minimum absolute atomic E-state index is 0.0133. The Hall–Kier alpha value is -2.18. The van der Waals surface area contributed by atoms with Gasteiger partial charge in [0.05, 0.1) is 18.8 Å². The summed E-state index contributed by atoms with van der Waals surface area (Å²) in [5.41, 5.74) is 4.26. The number of carbonyl (C=O) groups is 1. The van der Waals surface area contributed by atoms with Crippen molar-refractivity contribution in [3.05, 3.63) is 52.8 Å². The lowest BCUT2D eigenvalue weighted by molar-refractivity contribution is 0.0716. The van der Waals surface area contributed by atoms with E-state index in [1.165, 1.54) is 11.1 Å². The summed E-state index contributed by atoms with van der Waals surface area (Å²) in [5.74, 6) is 0.0133. The third kappa shape index (κ3) is 4.57. The number of amides is 1. The van der Waals surface area contributed by atoms with Crippen molar-refractivity contribution < 1.29 is 9.53 Å². The fourth-order valence-corrected chi connectivity index (χ4v) is 3.70. The largest absolute Gasteiger partial charge is 0.380 e. The van der Waals surface area contributed by atoms with Gasteiger partial charge in [0, 0.05) is 32.8 Å². The van der Waals surface area contributed by atoms with Crippen molar-refractivity contribution in [1.82, 2.24) is 19.6 Å². The zero-order valence-electron chi connectivity index (χ0n) is 16.8. The van der Waals surface area contributed by atoms with Crippen LogP contribution in [-0.4, -0.2) is 65.4 Å². The van der Waals surface area contributed by atoms with E-state index in [-0.39, 0.29) is 5.91 Å². The average molecular weight is 370 g/mol. The summed E-state index contributed by atoms with van der Waals surface area (Å²) in [6.45, 7) is 7.32. The molecule has 0 aliphatic carbocycles. The molecule has 27 heavy (non-hydrogen) atoms. The summed E-state index contributed by atoms with van der Waals surface area (Å²) in [4.78, 5) is 17.2. The van der Waals surface area contributed by atoms with E-state index in [1.807, 2.05) is 31.9 Å². The molecule has 1 amide bonds. The van der Waals surface area contributed by atoms with Gasteiger partial charge < -0.3 is 9.64 Å². The number of carbonyl (C=O) groups excluding carboxylic acids is 1. The van der Waals surface area contributed by atoms with Crippen LogP contribution in [0, 0.1) is 6.92 Å². The van der Waals surface area contributed by atoms with E-state index in [0.29, 0.717) is 38.0 Å². The Morgan fingerprint density at radius 2 is 2.07 bits per heavy atom. The predicted molar refractivity (Wildman–Crippen MR) is 106 cm³/mol. The van der Waals surface area contributed by atoms with Gasteiger partial charge in [0.15, 0.2) is 0 Å². The van der Waals surface area contributed by atoms with Crippen molar-refractivity contribution in [3.63, 3.8) is 0 Å². The molecule has 1 atom stereocenters. The lowest BCUT2D eigenvalue weighted by atomic mass is 9.94. The first-order valence-corrected chi connectivity index (χ1v) is 9.64. The Labute approximate surface area is 161 Å². The van der Waals surface area contributed by atoms with Crippen LogP contribution in [0.25, 0.3) is 0 Å². The molecule has 0 bridgehead atoms. The SMILES string of the molecule is CCOCCn1nc(C)cc1C(=O)N(C)C[C@H]1Cc2ccccc2CN1C.